The van der Waals surface area contributed by atoms with Crippen molar-refractivity contribution in [1.29, 1.82) is 0 Å². The van der Waals surface area contributed by atoms with Gasteiger partial charge in [0.15, 0.2) is 0 Å². The fourth-order valence-corrected chi connectivity index (χ4v) is 3.36. The van der Waals surface area contributed by atoms with Gasteiger partial charge in [-0.1, -0.05) is 6.92 Å². The van der Waals surface area contributed by atoms with Crippen molar-refractivity contribution in [2.75, 3.05) is 29.9 Å². The van der Waals surface area contributed by atoms with E-state index in [0.29, 0.717) is 6.04 Å². The third-order valence-electron chi connectivity index (χ3n) is 4.85. The van der Waals surface area contributed by atoms with Crippen LogP contribution in [0.4, 0.5) is 11.8 Å². The molecule has 24 heavy (non-hydrogen) atoms. The van der Waals surface area contributed by atoms with Crippen LogP contribution in [0.5, 0.6) is 0 Å². The highest BCUT2D eigenvalue weighted by molar-refractivity contribution is 5.44. The second-order valence-electron chi connectivity index (χ2n) is 6.49. The minimum atomic E-state index is 0.614. The van der Waals surface area contributed by atoms with Gasteiger partial charge in [0.25, 0.3) is 0 Å². The summed E-state index contributed by atoms with van der Waals surface area (Å²) in [7, 11) is 2.06. The van der Waals surface area contributed by atoms with Crippen molar-refractivity contribution in [3.05, 3.63) is 42.4 Å². The molecule has 0 radical (unpaired) electrons. The Bertz CT molecular complexity index is 631. The van der Waals surface area contributed by atoms with Crippen molar-refractivity contribution >= 4 is 11.8 Å². The van der Waals surface area contributed by atoms with Crippen LogP contribution in [0.2, 0.25) is 0 Å². The van der Waals surface area contributed by atoms with Gasteiger partial charge in [-0.2, -0.15) is 4.98 Å². The molecule has 2 aromatic rings. The largest absolute Gasteiger partial charge is 0.353 e. The van der Waals surface area contributed by atoms with E-state index in [1.165, 1.54) is 31.2 Å². The van der Waals surface area contributed by atoms with E-state index < -0.39 is 0 Å². The molecule has 128 valence electrons. The average Bonchev–Trinajstić information content (AvgIpc) is 2.67. The first-order valence-electron chi connectivity index (χ1n) is 8.97. The van der Waals surface area contributed by atoms with Gasteiger partial charge in [0.05, 0.1) is 0 Å². The number of rotatable bonds is 6. The lowest BCUT2D eigenvalue weighted by atomic mass is 10.0. The quantitative estimate of drug-likeness (QED) is 0.815. The molecule has 3 heterocycles. The molecule has 5 heteroatoms. The highest BCUT2D eigenvalue weighted by Gasteiger charge is 2.22. The lowest BCUT2D eigenvalue weighted by Gasteiger charge is -2.36. The molecular weight excluding hydrogens is 298 g/mol. The fourth-order valence-electron chi connectivity index (χ4n) is 3.36. The van der Waals surface area contributed by atoms with Crippen LogP contribution in [0.1, 0.15) is 38.2 Å². The van der Waals surface area contributed by atoms with E-state index in [-0.39, 0.29) is 0 Å². The molecule has 1 saturated heterocycles. The Labute approximate surface area is 144 Å². The molecule has 0 bridgehead atoms. The van der Waals surface area contributed by atoms with Gasteiger partial charge in [0, 0.05) is 44.8 Å². The van der Waals surface area contributed by atoms with E-state index in [0.717, 1.165) is 31.3 Å². The summed E-state index contributed by atoms with van der Waals surface area (Å²) in [6.45, 7) is 4.27. The van der Waals surface area contributed by atoms with Gasteiger partial charge in [0.2, 0.25) is 5.95 Å². The maximum Gasteiger partial charge on any atom is 0.227 e. The summed E-state index contributed by atoms with van der Waals surface area (Å²) in [6, 6.07) is 6.78. The Morgan fingerprint density at radius 2 is 2.00 bits per heavy atom. The Balaban J connectivity index is 1.67. The van der Waals surface area contributed by atoms with Crippen molar-refractivity contribution in [3.8, 4) is 0 Å². The molecule has 0 spiro atoms. The van der Waals surface area contributed by atoms with Gasteiger partial charge in [-0.15, -0.1) is 0 Å². The number of hydrogen-bond donors (Lipinski definition) is 0. The number of anilines is 2. The molecule has 0 aliphatic carbocycles. The maximum atomic E-state index is 4.84. The van der Waals surface area contributed by atoms with E-state index in [2.05, 4.69) is 45.9 Å². The van der Waals surface area contributed by atoms with Gasteiger partial charge in [-0.05, 0) is 55.9 Å². The molecule has 0 saturated carbocycles. The second kappa shape index (κ2) is 8.08. The van der Waals surface area contributed by atoms with E-state index >= 15 is 0 Å². The van der Waals surface area contributed by atoms with Crippen LogP contribution in [0, 0.1) is 0 Å². The first-order chi connectivity index (χ1) is 11.8. The van der Waals surface area contributed by atoms with E-state index in [1.54, 1.807) is 0 Å². The molecule has 1 aliphatic heterocycles. The summed E-state index contributed by atoms with van der Waals surface area (Å²) in [5.41, 5.74) is 1.29. The topological polar surface area (TPSA) is 45.2 Å². The molecule has 1 unspecified atom stereocenters. The van der Waals surface area contributed by atoms with Crippen LogP contribution in [-0.2, 0) is 6.42 Å². The highest BCUT2D eigenvalue weighted by Crippen LogP contribution is 2.25. The van der Waals surface area contributed by atoms with Gasteiger partial charge >= 0.3 is 0 Å². The number of hydrogen-bond acceptors (Lipinski definition) is 5. The SMILES string of the molecule is CCC1CCCCN1c1ccnc(N(C)CCc2ccncc2)n1. The molecule has 3 rings (SSSR count). The molecule has 1 atom stereocenters. The van der Waals surface area contributed by atoms with E-state index in [1.807, 2.05) is 24.7 Å². The number of likely N-dealkylation sites (N-methyl/N-ethyl adjacent to an activating group) is 1. The maximum absolute atomic E-state index is 4.84. The monoisotopic (exact) mass is 325 g/mol. The molecule has 0 N–H and O–H groups in total. The van der Waals surface area contributed by atoms with Gasteiger partial charge in [-0.25, -0.2) is 4.98 Å². The smallest absolute Gasteiger partial charge is 0.227 e. The Kier molecular flexibility index (Phi) is 5.62. The summed E-state index contributed by atoms with van der Waals surface area (Å²) in [6.07, 6.45) is 11.6. The predicted octanol–water partition coefficient (Wildman–Crippen LogP) is 3.32. The van der Waals surface area contributed by atoms with E-state index in [4.69, 9.17) is 4.98 Å². The first-order valence-corrected chi connectivity index (χ1v) is 8.97. The molecule has 1 aliphatic rings. The zero-order valence-electron chi connectivity index (χ0n) is 14.7. The Morgan fingerprint density at radius 1 is 1.17 bits per heavy atom. The summed E-state index contributed by atoms with van der Waals surface area (Å²) >= 11 is 0. The molecule has 0 aromatic carbocycles. The summed E-state index contributed by atoms with van der Waals surface area (Å²) < 4.78 is 0. The Hall–Kier alpha value is -2.17. The minimum Gasteiger partial charge on any atom is -0.353 e. The van der Waals surface area contributed by atoms with Gasteiger partial charge in [-0.3, -0.25) is 4.98 Å². The van der Waals surface area contributed by atoms with Crippen LogP contribution in [0.3, 0.4) is 0 Å². The van der Waals surface area contributed by atoms with Crippen LogP contribution < -0.4 is 9.80 Å². The van der Waals surface area contributed by atoms with Crippen LogP contribution >= 0.6 is 0 Å². The molecular formula is C19H27N5. The summed E-state index contributed by atoms with van der Waals surface area (Å²) in [4.78, 5) is 18.0. The Morgan fingerprint density at radius 3 is 2.79 bits per heavy atom. The molecule has 1 fully saturated rings. The van der Waals surface area contributed by atoms with E-state index in [9.17, 15) is 0 Å². The van der Waals surface area contributed by atoms with Crippen molar-refractivity contribution in [2.45, 2.75) is 45.1 Å². The summed E-state index contributed by atoms with van der Waals surface area (Å²) in [5.74, 6) is 1.88. The normalized spacial score (nSPS) is 17.8. The van der Waals surface area contributed by atoms with Crippen molar-refractivity contribution in [3.63, 3.8) is 0 Å². The highest BCUT2D eigenvalue weighted by atomic mass is 15.3. The number of nitrogens with zero attached hydrogens (tertiary/aromatic N) is 5. The number of aromatic nitrogens is 3. The fraction of sp³-hybridized carbons (Fsp3) is 0.526. The van der Waals surface area contributed by atoms with Crippen LogP contribution in [0.25, 0.3) is 0 Å². The molecule has 5 nitrogen and oxygen atoms in total. The zero-order chi connectivity index (χ0) is 16.8. The van der Waals surface area contributed by atoms with Crippen molar-refractivity contribution < 1.29 is 0 Å². The average molecular weight is 325 g/mol. The first kappa shape index (κ1) is 16.7. The zero-order valence-corrected chi connectivity index (χ0v) is 14.7. The standard InChI is InChI=1S/C19H27N5/c1-3-17-6-4-5-14-24(17)18-9-13-21-19(22-18)23(2)15-10-16-7-11-20-12-8-16/h7-9,11-13,17H,3-6,10,14-15H2,1-2H3. The third-order valence-corrected chi connectivity index (χ3v) is 4.85. The number of piperidine rings is 1. The number of pyridine rings is 1. The predicted molar refractivity (Wildman–Crippen MR) is 98.5 cm³/mol. The van der Waals surface area contributed by atoms with Gasteiger partial charge in [0.1, 0.15) is 5.82 Å². The van der Waals surface area contributed by atoms with Crippen LogP contribution in [-0.4, -0.2) is 41.1 Å². The third kappa shape index (κ3) is 4.02. The second-order valence-corrected chi connectivity index (χ2v) is 6.49. The molecule has 2 aromatic heterocycles. The van der Waals surface area contributed by atoms with Crippen molar-refractivity contribution in [1.82, 2.24) is 15.0 Å². The minimum absolute atomic E-state index is 0.614. The lowest BCUT2D eigenvalue weighted by molar-refractivity contribution is 0.446. The molecule has 0 amide bonds. The summed E-state index contributed by atoms with van der Waals surface area (Å²) in [5, 5.41) is 0. The van der Waals surface area contributed by atoms with Crippen molar-refractivity contribution in [2.24, 2.45) is 0 Å². The lowest BCUT2D eigenvalue weighted by Crippen LogP contribution is -2.40. The van der Waals surface area contributed by atoms with Gasteiger partial charge < -0.3 is 9.80 Å². The van der Waals surface area contributed by atoms with Crippen LogP contribution in [0.15, 0.2) is 36.8 Å².